The van der Waals surface area contributed by atoms with Crippen LogP contribution in [0.4, 0.5) is 13.2 Å². The normalized spacial score (nSPS) is 12.3. The molecule has 2 rings (SSSR count). The van der Waals surface area contributed by atoms with Gasteiger partial charge in [0.15, 0.2) is 3.01 Å². The van der Waals surface area contributed by atoms with Gasteiger partial charge in [0.2, 0.25) is 0 Å². The first kappa shape index (κ1) is 10.2. The molecule has 1 heterocycles. The van der Waals surface area contributed by atoms with Crippen molar-refractivity contribution >= 4 is 44.1 Å². The molecule has 0 radical (unpaired) electrons. The average Bonchev–Trinajstić information content (AvgIpc) is 2.41. The Labute approximate surface area is 95.1 Å². The maximum absolute atomic E-state index is 12.3. The zero-order valence-corrected chi connectivity index (χ0v) is 9.57. The van der Waals surface area contributed by atoms with E-state index in [-0.39, 0.29) is 0 Å². The SMILES string of the molecule is FC(F)(F)c1ccc2nc(I)sc2c1. The average molecular weight is 329 g/mol. The van der Waals surface area contributed by atoms with Gasteiger partial charge < -0.3 is 0 Å². The molecule has 0 fully saturated rings. The van der Waals surface area contributed by atoms with Gasteiger partial charge in [-0.25, -0.2) is 4.98 Å². The molecule has 6 heteroatoms. The topological polar surface area (TPSA) is 12.9 Å². The van der Waals surface area contributed by atoms with E-state index in [9.17, 15) is 13.2 Å². The molecule has 0 saturated carbocycles. The minimum absolute atomic E-state index is 0.573. The maximum atomic E-state index is 12.3. The molecule has 0 aliphatic rings. The highest BCUT2D eigenvalue weighted by molar-refractivity contribution is 14.1. The van der Waals surface area contributed by atoms with Gasteiger partial charge in [0.25, 0.3) is 0 Å². The number of nitrogens with zero attached hydrogens (tertiary/aromatic N) is 1. The minimum Gasteiger partial charge on any atom is -0.230 e. The minimum atomic E-state index is -4.27. The fraction of sp³-hybridized carbons (Fsp3) is 0.125. The van der Waals surface area contributed by atoms with E-state index in [2.05, 4.69) is 4.98 Å². The predicted molar refractivity (Wildman–Crippen MR) is 57.3 cm³/mol. The second-order valence-electron chi connectivity index (χ2n) is 2.65. The number of fused-ring (bicyclic) bond motifs is 1. The molecule has 0 aliphatic heterocycles. The van der Waals surface area contributed by atoms with Crippen LogP contribution >= 0.6 is 33.9 Å². The monoisotopic (exact) mass is 329 g/mol. The number of hydrogen-bond donors (Lipinski definition) is 0. The van der Waals surface area contributed by atoms with E-state index in [0.29, 0.717) is 10.2 Å². The van der Waals surface area contributed by atoms with Crippen LogP contribution in [0, 0.1) is 3.01 Å². The highest BCUT2D eigenvalue weighted by Gasteiger charge is 2.30. The van der Waals surface area contributed by atoms with Gasteiger partial charge in [-0.1, -0.05) is 0 Å². The molecule has 0 N–H and O–H groups in total. The smallest absolute Gasteiger partial charge is 0.230 e. The van der Waals surface area contributed by atoms with Crippen LogP contribution in [0.2, 0.25) is 0 Å². The van der Waals surface area contributed by atoms with Crippen molar-refractivity contribution in [2.45, 2.75) is 6.18 Å². The summed E-state index contributed by atoms with van der Waals surface area (Å²) in [6, 6.07) is 3.59. The van der Waals surface area contributed by atoms with Crippen molar-refractivity contribution in [2.24, 2.45) is 0 Å². The van der Waals surface area contributed by atoms with Gasteiger partial charge >= 0.3 is 6.18 Å². The molecule has 0 bridgehead atoms. The number of thiazole rings is 1. The molecule has 0 aliphatic carbocycles. The lowest BCUT2D eigenvalue weighted by atomic mass is 10.2. The van der Waals surface area contributed by atoms with Crippen LogP contribution in [0.15, 0.2) is 18.2 Å². The molecule has 1 nitrogen and oxygen atoms in total. The first-order valence-electron chi connectivity index (χ1n) is 3.60. The molecular weight excluding hydrogens is 326 g/mol. The maximum Gasteiger partial charge on any atom is 0.416 e. The fourth-order valence-electron chi connectivity index (χ4n) is 1.07. The standard InChI is InChI=1S/C8H3F3INS/c9-8(10,11)4-1-2-5-6(3-4)14-7(12)13-5/h1-3H. The van der Waals surface area contributed by atoms with Gasteiger partial charge in [0.1, 0.15) is 0 Å². The highest BCUT2D eigenvalue weighted by Crippen LogP contribution is 2.33. The van der Waals surface area contributed by atoms with E-state index in [1.54, 1.807) is 0 Å². The summed E-state index contributed by atoms with van der Waals surface area (Å²) in [7, 11) is 0. The van der Waals surface area contributed by atoms with Gasteiger partial charge in [0, 0.05) is 0 Å². The summed E-state index contributed by atoms with van der Waals surface area (Å²) >= 11 is 3.25. The molecule has 0 atom stereocenters. The number of hydrogen-bond acceptors (Lipinski definition) is 2. The molecule has 2 aromatic rings. The van der Waals surface area contributed by atoms with Crippen LogP contribution in [0.25, 0.3) is 10.2 Å². The van der Waals surface area contributed by atoms with Crippen LogP contribution < -0.4 is 0 Å². The van der Waals surface area contributed by atoms with Crippen molar-refractivity contribution in [3.05, 3.63) is 26.8 Å². The Kier molecular flexibility index (Phi) is 2.42. The highest BCUT2D eigenvalue weighted by atomic mass is 127. The van der Waals surface area contributed by atoms with E-state index in [1.165, 1.54) is 17.4 Å². The van der Waals surface area contributed by atoms with E-state index in [0.717, 1.165) is 15.1 Å². The molecule has 14 heavy (non-hydrogen) atoms. The van der Waals surface area contributed by atoms with Gasteiger partial charge in [0.05, 0.1) is 15.8 Å². The zero-order valence-electron chi connectivity index (χ0n) is 6.60. The van der Waals surface area contributed by atoms with Gasteiger partial charge in [-0.05, 0) is 40.8 Å². The van der Waals surface area contributed by atoms with E-state index in [1.807, 2.05) is 22.6 Å². The first-order valence-corrected chi connectivity index (χ1v) is 5.49. The zero-order chi connectivity index (χ0) is 10.3. The molecule has 0 unspecified atom stereocenters. The summed E-state index contributed by atoms with van der Waals surface area (Å²) in [6.07, 6.45) is -4.27. The number of aromatic nitrogens is 1. The van der Waals surface area contributed by atoms with Crippen LogP contribution in [0.3, 0.4) is 0 Å². The number of alkyl halides is 3. The Hall–Kier alpha value is -0.370. The lowest BCUT2D eigenvalue weighted by Crippen LogP contribution is -2.03. The molecule has 0 spiro atoms. The van der Waals surface area contributed by atoms with Crippen LogP contribution in [0.1, 0.15) is 5.56 Å². The van der Waals surface area contributed by atoms with Gasteiger partial charge in [-0.3, -0.25) is 0 Å². The quantitative estimate of drug-likeness (QED) is 0.668. The molecule has 1 aromatic carbocycles. The Morgan fingerprint density at radius 2 is 2.00 bits per heavy atom. The summed E-state index contributed by atoms with van der Waals surface area (Å²) in [5.74, 6) is 0. The summed E-state index contributed by atoms with van der Waals surface area (Å²) < 4.78 is 38.2. The lowest BCUT2D eigenvalue weighted by molar-refractivity contribution is -0.137. The van der Waals surface area contributed by atoms with Crippen molar-refractivity contribution in [1.29, 1.82) is 0 Å². The third kappa shape index (κ3) is 1.85. The van der Waals surface area contributed by atoms with Crippen LogP contribution in [0.5, 0.6) is 0 Å². The van der Waals surface area contributed by atoms with Gasteiger partial charge in [-0.2, -0.15) is 13.2 Å². The first-order chi connectivity index (χ1) is 6.47. The second-order valence-corrected chi connectivity index (χ2v) is 5.43. The Balaban J connectivity index is 2.62. The van der Waals surface area contributed by atoms with Crippen molar-refractivity contribution in [3.63, 3.8) is 0 Å². The van der Waals surface area contributed by atoms with Crippen molar-refractivity contribution in [1.82, 2.24) is 4.98 Å². The summed E-state index contributed by atoms with van der Waals surface area (Å²) in [4.78, 5) is 4.07. The Bertz CT molecular complexity index is 477. The number of benzene rings is 1. The van der Waals surface area contributed by atoms with Crippen molar-refractivity contribution < 1.29 is 13.2 Å². The summed E-state index contributed by atoms with van der Waals surface area (Å²) in [5.41, 5.74) is -0.00236. The van der Waals surface area contributed by atoms with E-state index in [4.69, 9.17) is 0 Å². The fourth-order valence-corrected chi connectivity index (χ4v) is 2.77. The van der Waals surface area contributed by atoms with Crippen LogP contribution in [-0.2, 0) is 6.18 Å². The summed E-state index contributed by atoms with van der Waals surface area (Å²) in [5, 5.41) is 0. The predicted octanol–water partition coefficient (Wildman–Crippen LogP) is 3.92. The lowest BCUT2D eigenvalue weighted by Gasteiger charge is -2.04. The summed E-state index contributed by atoms with van der Waals surface area (Å²) in [6.45, 7) is 0. The number of rotatable bonds is 0. The second kappa shape index (κ2) is 3.34. The molecule has 0 saturated heterocycles. The third-order valence-corrected chi connectivity index (χ3v) is 3.40. The molecule has 1 aromatic heterocycles. The van der Waals surface area contributed by atoms with Gasteiger partial charge in [-0.15, -0.1) is 11.3 Å². The third-order valence-electron chi connectivity index (χ3n) is 1.69. The largest absolute Gasteiger partial charge is 0.416 e. The Morgan fingerprint density at radius 1 is 1.29 bits per heavy atom. The van der Waals surface area contributed by atoms with Crippen LogP contribution in [-0.4, -0.2) is 4.98 Å². The van der Waals surface area contributed by atoms with E-state index < -0.39 is 11.7 Å². The van der Waals surface area contributed by atoms with Crippen molar-refractivity contribution in [2.75, 3.05) is 0 Å². The molecule has 0 amide bonds. The Morgan fingerprint density at radius 3 is 2.64 bits per heavy atom. The number of halogens is 4. The molecule has 74 valence electrons. The van der Waals surface area contributed by atoms with E-state index >= 15 is 0 Å². The molecular formula is C8H3F3INS. The van der Waals surface area contributed by atoms with Crippen molar-refractivity contribution in [3.8, 4) is 0 Å².